The normalized spacial score (nSPS) is 13.5. The SMILES string of the molecule is COc1ccc(/C=C/C(=O)OCC(=O)N(Cc2ccco2)C2=CCCCC2)c(OC)c1. The lowest BCUT2D eigenvalue weighted by Crippen LogP contribution is -2.34. The Morgan fingerprint density at radius 3 is 2.71 bits per heavy atom. The summed E-state index contributed by atoms with van der Waals surface area (Å²) in [6.45, 7) is -0.0327. The first kappa shape index (κ1) is 22.2. The number of nitrogens with zero attached hydrogens (tertiary/aromatic N) is 1. The molecule has 0 atom stereocenters. The highest BCUT2D eigenvalue weighted by atomic mass is 16.5. The first-order valence-electron chi connectivity index (χ1n) is 10.2. The lowest BCUT2D eigenvalue weighted by atomic mass is 10.0. The lowest BCUT2D eigenvalue weighted by molar-refractivity contribution is -0.147. The fourth-order valence-corrected chi connectivity index (χ4v) is 3.35. The third kappa shape index (κ3) is 6.25. The molecule has 0 unspecified atom stereocenters. The molecule has 164 valence electrons. The molecule has 1 aromatic heterocycles. The number of furan rings is 1. The minimum absolute atomic E-state index is 0.284. The summed E-state index contributed by atoms with van der Waals surface area (Å²) in [4.78, 5) is 26.6. The van der Waals surface area contributed by atoms with Crippen LogP contribution in [0.2, 0.25) is 0 Å². The number of rotatable bonds is 9. The smallest absolute Gasteiger partial charge is 0.331 e. The molecule has 1 aliphatic rings. The monoisotopic (exact) mass is 425 g/mol. The Morgan fingerprint density at radius 2 is 2.03 bits per heavy atom. The highest BCUT2D eigenvalue weighted by Crippen LogP contribution is 2.26. The molecule has 0 aliphatic heterocycles. The molecule has 0 bridgehead atoms. The topological polar surface area (TPSA) is 78.2 Å². The molecule has 1 heterocycles. The Hall–Kier alpha value is -3.48. The van der Waals surface area contributed by atoms with Crippen LogP contribution >= 0.6 is 0 Å². The van der Waals surface area contributed by atoms with Gasteiger partial charge in [0.1, 0.15) is 17.3 Å². The van der Waals surface area contributed by atoms with Crippen LogP contribution in [0.3, 0.4) is 0 Å². The Kier molecular flexibility index (Phi) is 7.92. The predicted molar refractivity (Wildman–Crippen MR) is 115 cm³/mol. The molecule has 3 rings (SSSR count). The molecular weight excluding hydrogens is 398 g/mol. The van der Waals surface area contributed by atoms with E-state index in [1.807, 2.05) is 6.07 Å². The third-order valence-corrected chi connectivity index (χ3v) is 4.99. The van der Waals surface area contributed by atoms with Crippen LogP contribution < -0.4 is 9.47 Å². The number of methoxy groups -OCH3 is 2. The quantitative estimate of drug-likeness (QED) is 0.439. The van der Waals surface area contributed by atoms with Crippen LogP contribution in [0.25, 0.3) is 6.08 Å². The van der Waals surface area contributed by atoms with Crippen LogP contribution in [0.4, 0.5) is 0 Å². The van der Waals surface area contributed by atoms with Crippen LogP contribution in [0.15, 0.2) is 58.9 Å². The second-order valence-corrected chi connectivity index (χ2v) is 7.05. The summed E-state index contributed by atoms with van der Waals surface area (Å²) in [5, 5.41) is 0. The zero-order valence-corrected chi connectivity index (χ0v) is 17.8. The first-order valence-corrected chi connectivity index (χ1v) is 10.2. The van der Waals surface area contributed by atoms with Crippen molar-refractivity contribution in [2.24, 2.45) is 0 Å². The van der Waals surface area contributed by atoms with Crippen molar-refractivity contribution < 1.29 is 28.2 Å². The molecule has 0 spiro atoms. The maximum absolute atomic E-state index is 12.8. The number of hydrogen-bond acceptors (Lipinski definition) is 6. The summed E-state index contributed by atoms with van der Waals surface area (Å²) in [5.74, 6) is 0.997. The van der Waals surface area contributed by atoms with E-state index in [0.29, 0.717) is 29.4 Å². The van der Waals surface area contributed by atoms with Crippen molar-refractivity contribution in [3.05, 3.63) is 65.8 Å². The zero-order chi connectivity index (χ0) is 22.1. The van der Waals surface area contributed by atoms with Gasteiger partial charge in [0.25, 0.3) is 5.91 Å². The Bertz CT molecular complexity index is 945. The molecule has 0 N–H and O–H groups in total. The average Bonchev–Trinajstić information content (AvgIpc) is 3.33. The van der Waals surface area contributed by atoms with Gasteiger partial charge >= 0.3 is 5.97 Å². The number of carbonyl (C=O) groups excluding carboxylic acids is 2. The average molecular weight is 425 g/mol. The summed E-state index contributed by atoms with van der Waals surface area (Å²) in [6, 6.07) is 8.86. The second-order valence-electron chi connectivity index (χ2n) is 7.05. The van der Waals surface area contributed by atoms with E-state index in [4.69, 9.17) is 18.6 Å². The van der Waals surface area contributed by atoms with Gasteiger partial charge in [-0.15, -0.1) is 0 Å². The van der Waals surface area contributed by atoms with Crippen LogP contribution in [-0.4, -0.2) is 37.6 Å². The number of hydrogen-bond donors (Lipinski definition) is 0. The fraction of sp³-hybridized carbons (Fsp3) is 0.333. The Balaban J connectivity index is 1.61. The molecule has 31 heavy (non-hydrogen) atoms. The van der Waals surface area contributed by atoms with Gasteiger partial charge in [0, 0.05) is 23.4 Å². The highest BCUT2D eigenvalue weighted by molar-refractivity contribution is 5.90. The van der Waals surface area contributed by atoms with E-state index in [2.05, 4.69) is 6.08 Å². The van der Waals surface area contributed by atoms with Gasteiger partial charge in [0.15, 0.2) is 6.61 Å². The van der Waals surface area contributed by atoms with Crippen LogP contribution in [-0.2, 0) is 20.9 Å². The minimum Gasteiger partial charge on any atom is -0.497 e. The molecule has 1 aliphatic carbocycles. The number of ether oxygens (including phenoxy) is 3. The van der Waals surface area contributed by atoms with Gasteiger partial charge in [-0.3, -0.25) is 4.79 Å². The molecule has 1 amide bonds. The minimum atomic E-state index is -0.609. The summed E-state index contributed by atoms with van der Waals surface area (Å²) >= 11 is 0. The van der Waals surface area contributed by atoms with E-state index in [9.17, 15) is 9.59 Å². The number of allylic oxidation sites excluding steroid dienone is 2. The standard InChI is InChI=1S/C24H27NO6/c1-28-20-12-10-18(22(15-20)29-2)11-13-24(27)31-17-23(26)25(16-21-9-6-14-30-21)19-7-4-3-5-8-19/h6-7,9-15H,3-5,8,16-17H2,1-2H3/b13-11+. The van der Waals surface area contributed by atoms with Gasteiger partial charge in [-0.05, 0) is 56.0 Å². The molecule has 1 aromatic carbocycles. The van der Waals surface area contributed by atoms with E-state index < -0.39 is 5.97 Å². The van der Waals surface area contributed by atoms with Gasteiger partial charge in [-0.2, -0.15) is 0 Å². The van der Waals surface area contributed by atoms with E-state index in [0.717, 1.165) is 31.4 Å². The van der Waals surface area contributed by atoms with Gasteiger partial charge in [-0.25, -0.2) is 4.79 Å². The van der Waals surface area contributed by atoms with Crippen LogP contribution in [0, 0.1) is 0 Å². The van der Waals surface area contributed by atoms with Crippen molar-refractivity contribution in [3.63, 3.8) is 0 Å². The summed E-state index contributed by atoms with van der Waals surface area (Å²) < 4.78 is 21.1. The van der Waals surface area contributed by atoms with Crippen molar-refractivity contribution in [2.75, 3.05) is 20.8 Å². The molecular formula is C24H27NO6. The molecule has 0 saturated heterocycles. The second kappa shape index (κ2) is 11.1. The van der Waals surface area contributed by atoms with E-state index in [1.165, 1.54) is 13.2 Å². The Labute approximate surface area is 181 Å². The Morgan fingerprint density at radius 1 is 1.16 bits per heavy atom. The van der Waals surface area contributed by atoms with Crippen molar-refractivity contribution in [1.82, 2.24) is 4.90 Å². The molecule has 7 heteroatoms. The number of esters is 1. The van der Waals surface area contributed by atoms with Gasteiger partial charge in [0.2, 0.25) is 0 Å². The van der Waals surface area contributed by atoms with Crippen molar-refractivity contribution in [2.45, 2.75) is 32.2 Å². The van der Waals surface area contributed by atoms with Gasteiger partial charge < -0.3 is 23.5 Å². The molecule has 7 nitrogen and oxygen atoms in total. The van der Waals surface area contributed by atoms with Crippen LogP contribution in [0.5, 0.6) is 11.5 Å². The molecule has 0 fully saturated rings. The van der Waals surface area contributed by atoms with Crippen molar-refractivity contribution in [1.29, 1.82) is 0 Å². The highest BCUT2D eigenvalue weighted by Gasteiger charge is 2.22. The summed E-state index contributed by atoms with van der Waals surface area (Å²) in [7, 11) is 3.11. The zero-order valence-electron chi connectivity index (χ0n) is 17.8. The maximum atomic E-state index is 12.8. The summed E-state index contributed by atoms with van der Waals surface area (Å²) in [6.07, 6.45) is 10.4. The predicted octanol–water partition coefficient (Wildman–Crippen LogP) is 4.34. The third-order valence-electron chi connectivity index (χ3n) is 4.99. The molecule has 2 aromatic rings. The van der Waals surface area contributed by atoms with E-state index in [-0.39, 0.29) is 12.5 Å². The molecule has 0 radical (unpaired) electrons. The van der Waals surface area contributed by atoms with Crippen molar-refractivity contribution in [3.8, 4) is 11.5 Å². The lowest BCUT2D eigenvalue weighted by Gasteiger charge is -2.26. The molecule has 0 saturated carbocycles. The number of carbonyl (C=O) groups is 2. The largest absolute Gasteiger partial charge is 0.497 e. The number of amides is 1. The van der Waals surface area contributed by atoms with Crippen LogP contribution in [0.1, 0.15) is 37.0 Å². The first-order chi connectivity index (χ1) is 15.1. The number of benzene rings is 1. The van der Waals surface area contributed by atoms with Gasteiger partial charge in [0.05, 0.1) is 27.0 Å². The van der Waals surface area contributed by atoms with Crippen molar-refractivity contribution >= 4 is 18.0 Å². The van der Waals surface area contributed by atoms with Gasteiger partial charge in [-0.1, -0.05) is 6.08 Å². The summed E-state index contributed by atoms with van der Waals surface area (Å²) in [5.41, 5.74) is 1.64. The van der Waals surface area contributed by atoms with E-state index >= 15 is 0 Å². The van der Waals surface area contributed by atoms with E-state index in [1.54, 1.807) is 48.6 Å². The maximum Gasteiger partial charge on any atom is 0.331 e. The fourth-order valence-electron chi connectivity index (χ4n) is 3.35.